The van der Waals surface area contributed by atoms with Gasteiger partial charge in [-0.3, -0.25) is 4.79 Å². The van der Waals surface area contributed by atoms with Gasteiger partial charge in [0, 0.05) is 43.2 Å². The molecular formula is C18H23N3O4. The van der Waals surface area contributed by atoms with E-state index >= 15 is 0 Å². The zero-order valence-electron chi connectivity index (χ0n) is 14.1. The maximum atomic E-state index is 12.6. The summed E-state index contributed by atoms with van der Waals surface area (Å²) in [5.74, 6) is -0.471. The number of hydrogen-bond acceptors (Lipinski definition) is 4. The van der Waals surface area contributed by atoms with Crippen molar-refractivity contribution in [3.8, 4) is 0 Å². The largest absolute Gasteiger partial charge is 0.347 e. The van der Waals surface area contributed by atoms with Crippen LogP contribution >= 0.6 is 0 Å². The van der Waals surface area contributed by atoms with Gasteiger partial charge >= 0.3 is 6.03 Å². The molecule has 7 nitrogen and oxygen atoms in total. The highest BCUT2D eigenvalue weighted by molar-refractivity contribution is 5.95. The van der Waals surface area contributed by atoms with Crippen molar-refractivity contribution in [2.75, 3.05) is 31.6 Å². The second-order valence-corrected chi connectivity index (χ2v) is 6.85. The van der Waals surface area contributed by atoms with E-state index in [2.05, 4.69) is 10.6 Å². The Labute approximate surface area is 146 Å². The minimum Gasteiger partial charge on any atom is -0.347 e. The van der Waals surface area contributed by atoms with Crippen LogP contribution in [0.4, 0.5) is 10.5 Å². The van der Waals surface area contributed by atoms with Crippen molar-refractivity contribution in [1.29, 1.82) is 0 Å². The fraction of sp³-hybridized carbons (Fsp3) is 0.556. The first-order valence-corrected chi connectivity index (χ1v) is 8.88. The number of hydrogen-bond donors (Lipinski definition) is 2. The Balaban J connectivity index is 1.32. The molecule has 25 heavy (non-hydrogen) atoms. The zero-order valence-corrected chi connectivity index (χ0v) is 14.1. The van der Waals surface area contributed by atoms with Crippen LogP contribution in [0.1, 0.15) is 36.0 Å². The molecule has 2 N–H and O–H groups in total. The van der Waals surface area contributed by atoms with E-state index in [-0.39, 0.29) is 11.9 Å². The molecule has 3 aliphatic rings. The van der Waals surface area contributed by atoms with Gasteiger partial charge in [0.05, 0.1) is 13.2 Å². The molecule has 0 bridgehead atoms. The molecular weight excluding hydrogens is 322 g/mol. The van der Waals surface area contributed by atoms with E-state index < -0.39 is 5.79 Å². The third kappa shape index (κ3) is 3.77. The van der Waals surface area contributed by atoms with Gasteiger partial charge in [0.1, 0.15) is 0 Å². The quantitative estimate of drug-likeness (QED) is 0.877. The number of urea groups is 1. The molecule has 0 radical (unpaired) electrons. The molecule has 1 aliphatic carbocycles. The molecule has 3 amide bonds. The summed E-state index contributed by atoms with van der Waals surface area (Å²) in [7, 11) is 0. The molecule has 1 aromatic carbocycles. The first-order chi connectivity index (χ1) is 12.1. The van der Waals surface area contributed by atoms with E-state index in [9.17, 15) is 9.59 Å². The van der Waals surface area contributed by atoms with Crippen molar-refractivity contribution in [3.63, 3.8) is 0 Å². The van der Waals surface area contributed by atoms with Crippen molar-refractivity contribution in [1.82, 2.24) is 10.2 Å². The molecule has 0 aromatic heterocycles. The van der Waals surface area contributed by atoms with Crippen LogP contribution in [0.25, 0.3) is 0 Å². The van der Waals surface area contributed by atoms with Crippen molar-refractivity contribution < 1.29 is 19.1 Å². The molecule has 0 unspecified atom stereocenters. The highest BCUT2D eigenvalue weighted by Gasteiger charge is 2.40. The maximum Gasteiger partial charge on any atom is 0.319 e. The molecule has 7 heteroatoms. The van der Waals surface area contributed by atoms with Gasteiger partial charge in [0.25, 0.3) is 5.91 Å². The first kappa shape index (κ1) is 16.4. The van der Waals surface area contributed by atoms with Crippen LogP contribution < -0.4 is 10.6 Å². The molecule has 1 saturated carbocycles. The predicted octanol–water partition coefficient (Wildman–Crippen LogP) is 1.95. The average Bonchev–Trinajstić information content (AvgIpc) is 3.32. The van der Waals surface area contributed by atoms with Gasteiger partial charge in [-0.05, 0) is 37.1 Å². The van der Waals surface area contributed by atoms with Crippen LogP contribution in [0.5, 0.6) is 0 Å². The van der Waals surface area contributed by atoms with Crippen molar-refractivity contribution >= 4 is 17.6 Å². The van der Waals surface area contributed by atoms with Gasteiger partial charge in [0.15, 0.2) is 5.79 Å². The summed E-state index contributed by atoms with van der Waals surface area (Å²) in [5, 5.41) is 5.65. The van der Waals surface area contributed by atoms with Gasteiger partial charge in [0.2, 0.25) is 0 Å². The molecule has 2 aliphatic heterocycles. The van der Waals surface area contributed by atoms with Crippen LogP contribution in [0.2, 0.25) is 0 Å². The molecule has 1 aromatic rings. The monoisotopic (exact) mass is 345 g/mol. The summed E-state index contributed by atoms with van der Waals surface area (Å²) in [4.78, 5) is 26.2. The summed E-state index contributed by atoms with van der Waals surface area (Å²) >= 11 is 0. The lowest BCUT2D eigenvalue weighted by Crippen LogP contribution is -2.47. The van der Waals surface area contributed by atoms with E-state index in [0.29, 0.717) is 56.4 Å². The lowest BCUT2D eigenvalue weighted by molar-refractivity contribution is -0.181. The van der Waals surface area contributed by atoms with Gasteiger partial charge in [-0.15, -0.1) is 0 Å². The van der Waals surface area contributed by atoms with Gasteiger partial charge < -0.3 is 25.0 Å². The smallest absolute Gasteiger partial charge is 0.319 e. The Morgan fingerprint density at radius 1 is 1.04 bits per heavy atom. The maximum absolute atomic E-state index is 12.6. The van der Waals surface area contributed by atoms with Crippen LogP contribution in [-0.4, -0.2) is 55.0 Å². The number of nitrogens with one attached hydrogen (secondary N) is 2. The Kier molecular flexibility index (Phi) is 4.35. The number of ether oxygens (including phenoxy) is 2. The van der Waals surface area contributed by atoms with E-state index in [1.165, 1.54) is 0 Å². The molecule has 2 heterocycles. The number of benzene rings is 1. The fourth-order valence-corrected chi connectivity index (χ4v) is 3.30. The van der Waals surface area contributed by atoms with Crippen LogP contribution in [0.15, 0.2) is 24.3 Å². The molecule has 2 saturated heterocycles. The number of amides is 3. The minimum atomic E-state index is -0.473. The van der Waals surface area contributed by atoms with Gasteiger partial charge in [-0.25, -0.2) is 4.79 Å². The van der Waals surface area contributed by atoms with Gasteiger partial charge in [-0.2, -0.15) is 0 Å². The number of carbonyl (C=O) groups is 2. The molecule has 3 fully saturated rings. The minimum absolute atomic E-state index is 0.00169. The number of anilines is 1. The zero-order chi connectivity index (χ0) is 17.3. The standard InChI is InChI=1S/C18H23N3O4/c22-16(21-9-7-18(8-10-21)24-11-12-25-18)13-1-3-14(4-2-13)19-17(23)20-15-5-6-15/h1-4,15H,5-12H2,(H2,19,20,23). The second kappa shape index (κ2) is 6.65. The Hall–Kier alpha value is -2.12. The third-order valence-corrected chi connectivity index (χ3v) is 4.93. The fourth-order valence-electron chi connectivity index (χ4n) is 3.30. The number of carbonyl (C=O) groups excluding carboxylic acids is 2. The second-order valence-electron chi connectivity index (χ2n) is 6.85. The van der Waals surface area contributed by atoms with Crippen molar-refractivity contribution in [3.05, 3.63) is 29.8 Å². The van der Waals surface area contributed by atoms with Gasteiger partial charge in [-0.1, -0.05) is 0 Å². The summed E-state index contributed by atoms with van der Waals surface area (Å²) in [5.41, 5.74) is 1.30. The molecule has 134 valence electrons. The normalized spacial score (nSPS) is 22.0. The number of likely N-dealkylation sites (tertiary alicyclic amines) is 1. The topological polar surface area (TPSA) is 79.9 Å². The number of rotatable bonds is 3. The highest BCUT2D eigenvalue weighted by Crippen LogP contribution is 2.31. The lowest BCUT2D eigenvalue weighted by atomic mass is 10.0. The van der Waals surface area contributed by atoms with E-state index in [1.54, 1.807) is 24.3 Å². The predicted molar refractivity (Wildman–Crippen MR) is 91.4 cm³/mol. The number of nitrogens with zero attached hydrogens (tertiary/aromatic N) is 1. The van der Waals surface area contributed by atoms with Crippen molar-refractivity contribution in [2.45, 2.75) is 37.5 Å². The van der Waals surface area contributed by atoms with Crippen LogP contribution in [0.3, 0.4) is 0 Å². The SMILES string of the molecule is O=C(Nc1ccc(C(=O)N2CCC3(CC2)OCCO3)cc1)NC1CC1. The molecule has 1 spiro atoms. The first-order valence-electron chi connectivity index (χ1n) is 8.88. The summed E-state index contributed by atoms with van der Waals surface area (Å²) in [6, 6.07) is 7.14. The van der Waals surface area contributed by atoms with Crippen LogP contribution in [0, 0.1) is 0 Å². The van der Waals surface area contributed by atoms with E-state index in [1.807, 2.05) is 4.90 Å². The summed E-state index contributed by atoms with van der Waals surface area (Å²) < 4.78 is 11.4. The summed E-state index contributed by atoms with van der Waals surface area (Å²) in [6.07, 6.45) is 3.52. The molecule has 4 rings (SSSR count). The Bertz CT molecular complexity index is 641. The van der Waals surface area contributed by atoms with Crippen molar-refractivity contribution in [2.24, 2.45) is 0 Å². The van der Waals surface area contributed by atoms with Crippen LogP contribution in [-0.2, 0) is 9.47 Å². The highest BCUT2D eigenvalue weighted by atomic mass is 16.7. The number of piperidine rings is 1. The average molecular weight is 345 g/mol. The molecule has 0 atom stereocenters. The Morgan fingerprint density at radius 2 is 1.68 bits per heavy atom. The van der Waals surface area contributed by atoms with E-state index in [4.69, 9.17) is 9.47 Å². The lowest BCUT2D eigenvalue weighted by Gasteiger charge is -2.37. The summed E-state index contributed by atoms with van der Waals surface area (Å²) in [6.45, 7) is 2.53. The Morgan fingerprint density at radius 3 is 2.28 bits per heavy atom. The third-order valence-electron chi connectivity index (χ3n) is 4.93. The van der Waals surface area contributed by atoms with E-state index in [0.717, 1.165) is 12.8 Å².